The minimum Gasteiger partial charge on any atom is -0.366 e. The smallest absolute Gasteiger partial charge is 0.365 e. The van der Waals surface area contributed by atoms with Gasteiger partial charge in [0.15, 0.2) is 0 Å². The monoisotopic (exact) mass is 450 g/mol. The zero-order valence-electron chi connectivity index (χ0n) is 18.2. The molecule has 0 aliphatic heterocycles. The van der Waals surface area contributed by atoms with Crippen molar-refractivity contribution in [3.05, 3.63) is 144 Å². The van der Waals surface area contributed by atoms with Gasteiger partial charge >= 0.3 is 11.9 Å². The predicted molar refractivity (Wildman–Crippen MR) is 129 cm³/mol. The Bertz CT molecular complexity index is 1240. The highest BCUT2D eigenvalue weighted by Crippen LogP contribution is 2.21. The molecule has 4 aromatic rings. The van der Waals surface area contributed by atoms with Gasteiger partial charge in [-0.05, 0) is 29.8 Å². The van der Waals surface area contributed by atoms with E-state index in [0.29, 0.717) is 22.4 Å². The molecule has 0 aliphatic carbocycles. The number of carbonyl (C=O) groups is 2. The van der Waals surface area contributed by atoms with Gasteiger partial charge in [-0.15, -0.1) is 5.48 Å². The molecular formula is C28H22N2O4. The van der Waals surface area contributed by atoms with Crippen molar-refractivity contribution in [2.75, 3.05) is 0 Å². The Kier molecular flexibility index (Phi) is 7.56. The summed E-state index contributed by atoms with van der Waals surface area (Å²) < 4.78 is 0. The van der Waals surface area contributed by atoms with Crippen molar-refractivity contribution in [2.24, 2.45) is 5.16 Å². The lowest BCUT2D eigenvalue weighted by molar-refractivity contribution is 0.0205. The van der Waals surface area contributed by atoms with E-state index in [1.165, 1.54) is 0 Å². The molecule has 0 radical (unpaired) electrons. The maximum atomic E-state index is 12.6. The Morgan fingerprint density at radius 1 is 0.588 bits per heavy atom. The first-order valence-corrected chi connectivity index (χ1v) is 10.7. The second-order valence-corrected chi connectivity index (χ2v) is 7.30. The number of nitrogens with zero attached hydrogens (tertiary/aromatic N) is 1. The molecule has 0 aromatic heterocycles. The molecule has 0 fully saturated rings. The van der Waals surface area contributed by atoms with Crippen LogP contribution in [0.15, 0.2) is 126 Å². The van der Waals surface area contributed by atoms with Crippen molar-refractivity contribution in [1.29, 1.82) is 0 Å². The van der Waals surface area contributed by atoms with Crippen LogP contribution in [0.4, 0.5) is 0 Å². The van der Waals surface area contributed by atoms with Crippen LogP contribution in [-0.2, 0) is 9.68 Å². The van der Waals surface area contributed by atoms with E-state index in [1.54, 1.807) is 48.5 Å². The molecule has 4 aromatic carbocycles. The van der Waals surface area contributed by atoms with Gasteiger partial charge in [0.2, 0.25) is 0 Å². The zero-order chi connectivity index (χ0) is 23.6. The van der Waals surface area contributed by atoms with Crippen LogP contribution in [0.25, 0.3) is 0 Å². The van der Waals surface area contributed by atoms with E-state index in [0.717, 1.165) is 5.56 Å². The lowest BCUT2D eigenvalue weighted by Gasteiger charge is -2.20. The van der Waals surface area contributed by atoms with Gasteiger partial charge in [0.25, 0.3) is 0 Å². The Balaban J connectivity index is 1.66. The molecule has 6 nitrogen and oxygen atoms in total. The fraction of sp³-hybridized carbons (Fsp3) is 0.0357. The first-order valence-electron chi connectivity index (χ1n) is 10.7. The SMILES string of the molecule is O=C(ON=C(c1ccccc1)C(NOC(=O)c1ccccc1)c1ccccc1)c1ccccc1. The number of hydrogen-bond acceptors (Lipinski definition) is 6. The number of carbonyl (C=O) groups excluding carboxylic acids is 2. The lowest BCUT2D eigenvalue weighted by Crippen LogP contribution is -2.32. The van der Waals surface area contributed by atoms with Crippen molar-refractivity contribution in [3.8, 4) is 0 Å². The third kappa shape index (κ3) is 5.82. The van der Waals surface area contributed by atoms with E-state index in [2.05, 4.69) is 10.6 Å². The maximum Gasteiger partial charge on any atom is 0.365 e. The van der Waals surface area contributed by atoms with E-state index in [-0.39, 0.29) is 0 Å². The number of hydroxylamine groups is 1. The highest BCUT2D eigenvalue weighted by molar-refractivity contribution is 6.05. The Morgan fingerprint density at radius 3 is 1.56 bits per heavy atom. The molecule has 0 aliphatic rings. The van der Waals surface area contributed by atoms with Crippen LogP contribution < -0.4 is 5.48 Å². The largest absolute Gasteiger partial charge is 0.366 e. The third-order valence-electron chi connectivity index (χ3n) is 4.99. The fourth-order valence-corrected chi connectivity index (χ4v) is 3.27. The van der Waals surface area contributed by atoms with Crippen LogP contribution in [0.1, 0.15) is 37.9 Å². The number of benzene rings is 4. The first-order chi connectivity index (χ1) is 16.7. The molecular weight excluding hydrogens is 428 g/mol. The summed E-state index contributed by atoms with van der Waals surface area (Å²) in [5, 5.41) is 4.21. The average molecular weight is 450 g/mol. The van der Waals surface area contributed by atoms with Gasteiger partial charge in [-0.3, -0.25) is 0 Å². The highest BCUT2D eigenvalue weighted by Gasteiger charge is 2.24. The second-order valence-electron chi connectivity index (χ2n) is 7.30. The quantitative estimate of drug-likeness (QED) is 0.222. The van der Waals surface area contributed by atoms with Gasteiger partial charge in [-0.25, -0.2) is 9.59 Å². The summed E-state index contributed by atoms with van der Waals surface area (Å²) in [4.78, 5) is 35.9. The molecule has 4 rings (SSSR count). The van der Waals surface area contributed by atoms with E-state index in [1.807, 2.05) is 72.8 Å². The van der Waals surface area contributed by atoms with Crippen LogP contribution in [-0.4, -0.2) is 17.7 Å². The van der Waals surface area contributed by atoms with Crippen LogP contribution >= 0.6 is 0 Å². The fourth-order valence-electron chi connectivity index (χ4n) is 3.27. The topological polar surface area (TPSA) is 77.0 Å². The normalized spacial score (nSPS) is 11.9. The molecule has 1 N–H and O–H groups in total. The van der Waals surface area contributed by atoms with Crippen molar-refractivity contribution in [1.82, 2.24) is 5.48 Å². The highest BCUT2D eigenvalue weighted by atomic mass is 16.7. The summed E-state index contributed by atoms with van der Waals surface area (Å²) in [5.41, 5.74) is 5.43. The van der Waals surface area contributed by atoms with Crippen LogP contribution in [0.5, 0.6) is 0 Å². The van der Waals surface area contributed by atoms with Gasteiger partial charge in [-0.2, -0.15) is 0 Å². The summed E-state index contributed by atoms with van der Waals surface area (Å²) >= 11 is 0. The van der Waals surface area contributed by atoms with E-state index >= 15 is 0 Å². The molecule has 34 heavy (non-hydrogen) atoms. The number of hydrogen-bond donors (Lipinski definition) is 1. The molecule has 6 heteroatoms. The molecule has 0 bridgehead atoms. The number of rotatable bonds is 8. The van der Waals surface area contributed by atoms with Crippen molar-refractivity contribution < 1.29 is 19.3 Å². The van der Waals surface area contributed by atoms with Gasteiger partial charge in [0.1, 0.15) is 11.8 Å². The van der Waals surface area contributed by atoms with Gasteiger partial charge in [-0.1, -0.05) is 102 Å². The minimum absolute atomic E-state index is 0.372. The third-order valence-corrected chi connectivity index (χ3v) is 4.99. The molecule has 0 amide bonds. The number of nitrogens with one attached hydrogen (secondary N) is 1. The van der Waals surface area contributed by atoms with Crippen LogP contribution in [0.3, 0.4) is 0 Å². The minimum atomic E-state index is -0.708. The molecule has 1 unspecified atom stereocenters. The first kappa shape index (κ1) is 22.6. The molecule has 0 saturated carbocycles. The molecule has 168 valence electrons. The second kappa shape index (κ2) is 11.4. The molecule has 1 atom stereocenters. The molecule has 0 saturated heterocycles. The van der Waals surface area contributed by atoms with E-state index in [9.17, 15) is 9.59 Å². The van der Waals surface area contributed by atoms with Gasteiger partial charge in [0, 0.05) is 5.56 Å². The van der Waals surface area contributed by atoms with Crippen LogP contribution in [0, 0.1) is 0 Å². The summed E-state index contributed by atoms with van der Waals surface area (Å²) in [6, 6.07) is 35.1. The number of oxime groups is 1. The van der Waals surface area contributed by atoms with Crippen molar-refractivity contribution >= 4 is 17.7 Å². The van der Waals surface area contributed by atoms with Gasteiger partial charge in [0.05, 0.1) is 11.1 Å². The standard InChI is InChI=1S/C28H22N2O4/c31-27(23-17-9-3-10-18-23)33-29-25(21-13-5-1-6-14-21)26(22-15-7-2-8-16-22)30-34-28(32)24-19-11-4-12-20-24/h1-20,25,29H. The summed E-state index contributed by atoms with van der Waals surface area (Å²) in [5.74, 6) is -1.14. The van der Waals surface area contributed by atoms with Crippen molar-refractivity contribution in [2.45, 2.75) is 6.04 Å². The predicted octanol–water partition coefficient (Wildman–Crippen LogP) is 5.35. The molecule has 0 heterocycles. The molecule has 0 spiro atoms. The van der Waals surface area contributed by atoms with E-state index in [4.69, 9.17) is 9.68 Å². The van der Waals surface area contributed by atoms with Gasteiger partial charge < -0.3 is 9.68 Å². The zero-order valence-corrected chi connectivity index (χ0v) is 18.2. The maximum absolute atomic E-state index is 12.6. The Labute approximate surface area is 197 Å². The Morgan fingerprint density at radius 2 is 1.03 bits per heavy atom. The summed E-state index contributed by atoms with van der Waals surface area (Å²) in [6.07, 6.45) is 0. The average Bonchev–Trinajstić information content (AvgIpc) is 2.92. The van der Waals surface area contributed by atoms with E-state index < -0.39 is 18.0 Å². The van der Waals surface area contributed by atoms with Crippen LogP contribution in [0.2, 0.25) is 0 Å². The summed E-state index contributed by atoms with van der Waals surface area (Å²) in [7, 11) is 0. The van der Waals surface area contributed by atoms with Crippen molar-refractivity contribution in [3.63, 3.8) is 0 Å². The summed E-state index contributed by atoms with van der Waals surface area (Å²) in [6.45, 7) is 0. The Hall–Kier alpha value is -4.55. The lowest BCUT2D eigenvalue weighted by atomic mass is 9.97.